The molecule has 2 aromatic rings. The third-order valence-electron chi connectivity index (χ3n) is 2.61. The van der Waals surface area contributed by atoms with Crippen molar-refractivity contribution < 1.29 is 0 Å². The second-order valence-electron chi connectivity index (χ2n) is 4.77. The number of pyridine rings is 1. The molecule has 0 aliphatic rings. The van der Waals surface area contributed by atoms with Gasteiger partial charge in [0.2, 0.25) is 0 Å². The standard InChI is InChI=1S/C12H16N2/c1-12(2,3)11-7-9-8-13-6-5-10(9)14(11)4/h5-8H,1-4H3. The van der Waals surface area contributed by atoms with Gasteiger partial charge in [0.15, 0.2) is 0 Å². The average molecular weight is 188 g/mol. The van der Waals surface area contributed by atoms with Crippen molar-refractivity contribution >= 4 is 10.9 Å². The maximum absolute atomic E-state index is 4.14. The van der Waals surface area contributed by atoms with Crippen molar-refractivity contribution in [1.29, 1.82) is 0 Å². The second-order valence-corrected chi connectivity index (χ2v) is 4.77. The monoisotopic (exact) mass is 188 g/mol. The summed E-state index contributed by atoms with van der Waals surface area (Å²) in [6, 6.07) is 4.28. The van der Waals surface area contributed by atoms with Crippen molar-refractivity contribution in [2.24, 2.45) is 7.05 Å². The van der Waals surface area contributed by atoms with E-state index in [0.717, 1.165) is 0 Å². The number of rotatable bonds is 0. The molecule has 0 unspecified atom stereocenters. The summed E-state index contributed by atoms with van der Waals surface area (Å²) in [4.78, 5) is 4.14. The van der Waals surface area contributed by atoms with Crippen LogP contribution in [0, 0.1) is 0 Å². The van der Waals surface area contributed by atoms with Gasteiger partial charge in [-0.15, -0.1) is 0 Å². The third kappa shape index (κ3) is 1.31. The first-order valence-electron chi connectivity index (χ1n) is 4.90. The van der Waals surface area contributed by atoms with Gasteiger partial charge in [0, 0.05) is 35.9 Å². The van der Waals surface area contributed by atoms with Gasteiger partial charge < -0.3 is 4.57 Å². The molecule has 0 amide bonds. The first kappa shape index (κ1) is 9.25. The number of hydrogen-bond donors (Lipinski definition) is 0. The van der Waals surface area contributed by atoms with Gasteiger partial charge in [-0.2, -0.15) is 0 Å². The maximum Gasteiger partial charge on any atom is 0.0511 e. The third-order valence-corrected chi connectivity index (χ3v) is 2.61. The molecule has 0 fully saturated rings. The molecule has 0 atom stereocenters. The van der Waals surface area contributed by atoms with Crippen LogP contribution in [0.3, 0.4) is 0 Å². The van der Waals surface area contributed by atoms with Crippen molar-refractivity contribution in [3.8, 4) is 0 Å². The van der Waals surface area contributed by atoms with Crippen LogP contribution in [-0.4, -0.2) is 9.55 Å². The largest absolute Gasteiger partial charge is 0.347 e. The van der Waals surface area contributed by atoms with Crippen molar-refractivity contribution in [3.05, 3.63) is 30.2 Å². The molecule has 0 bridgehead atoms. The van der Waals surface area contributed by atoms with Gasteiger partial charge in [-0.25, -0.2) is 0 Å². The van der Waals surface area contributed by atoms with E-state index in [1.165, 1.54) is 16.6 Å². The molecular weight excluding hydrogens is 172 g/mol. The van der Waals surface area contributed by atoms with Gasteiger partial charge in [-0.1, -0.05) is 20.8 Å². The van der Waals surface area contributed by atoms with Crippen LogP contribution in [0.25, 0.3) is 10.9 Å². The Kier molecular flexibility index (Phi) is 1.88. The minimum Gasteiger partial charge on any atom is -0.347 e. The summed E-state index contributed by atoms with van der Waals surface area (Å²) in [5, 5.41) is 1.22. The summed E-state index contributed by atoms with van der Waals surface area (Å²) in [5.74, 6) is 0. The molecule has 0 aromatic carbocycles. The Bertz CT molecular complexity index is 461. The zero-order valence-electron chi connectivity index (χ0n) is 9.20. The zero-order chi connectivity index (χ0) is 10.3. The Balaban J connectivity index is 2.75. The number of nitrogens with zero attached hydrogens (tertiary/aromatic N) is 2. The van der Waals surface area contributed by atoms with Crippen molar-refractivity contribution in [1.82, 2.24) is 9.55 Å². The van der Waals surface area contributed by atoms with E-state index in [1.807, 2.05) is 12.4 Å². The highest BCUT2D eigenvalue weighted by Crippen LogP contribution is 2.27. The predicted octanol–water partition coefficient (Wildman–Crippen LogP) is 2.87. The number of fused-ring (bicyclic) bond motifs is 1. The molecule has 2 aromatic heterocycles. The van der Waals surface area contributed by atoms with E-state index in [1.54, 1.807) is 0 Å². The van der Waals surface area contributed by atoms with Gasteiger partial charge in [0.1, 0.15) is 0 Å². The summed E-state index contributed by atoms with van der Waals surface area (Å²) < 4.78 is 2.25. The molecule has 0 aliphatic heterocycles. The first-order chi connectivity index (χ1) is 6.50. The van der Waals surface area contributed by atoms with E-state index in [0.29, 0.717) is 0 Å². The fourth-order valence-electron chi connectivity index (χ4n) is 1.91. The van der Waals surface area contributed by atoms with Gasteiger partial charge in [0.05, 0.1) is 5.52 Å². The lowest BCUT2D eigenvalue weighted by atomic mass is 9.92. The average Bonchev–Trinajstić information content (AvgIpc) is 2.44. The predicted molar refractivity (Wildman–Crippen MR) is 59.4 cm³/mol. The molecule has 2 heterocycles. The van der Waals surface area contributed by atoms with E-state index in [9.17, 15) is 0 Å². The summed E-state index contributed by atoms with van der Waals surface area (Å²) in [7, 11) is 2.11. The smallest absolute Gasteiger partial charge is 0.0511 e. The van der Waals surface area contributed by atoms with Crippen LogP contribution in [0.5, 0.6) is 0 Å². The zero-order valence-corrected chi connectivity index (χ0v) is 9.20. The summed E-state index contributed by atoms with van der Waals surface area (Å²) in [6.07, 6.45) is 3.76. The Morgan fingerprint density at radius 3 is 2.57 bits per heavy atom. The van der Waals surface area contributed by atoms with E-state index in [4.69, 9.17) is 0 Å². The van der Waals surface area contributed by atoms with Crippen molar-refractivity contribution in [2.45, 2.75) is 26.2 Å². The summed E-state index contributed by atoms with van der Waals surface area (Å²) >= 11 is 0. The lowest BCUT2D eigenvalue weighted by Gasteiger charge is -2.19. The van der Waals surface area contributed by atoms with Crippen LogP contribution in [0.4, 0.5) is 0 Å². The highest BCUT2D eigenvalue weighted by molar-refractivity contribution is 5.80. The van der Waals surface area contributed by atoms with E-state index in [2.05, 4.69) is 49.5 Å². The van der Waals surface area contributed by atoms with E-state index in [-0.39, 0.29) is 5.41 Å². The van der Waals surface area contributed by atoms with Crippen LogP contribution in [-0.2, 0) is 12.5 Å². The van der Waals surface area contributed by atoms with Crippen LogP contribution in [0.15, 0.2) is 24.5 Å². The Morgan fingerprint density at radius 1 is 1.29 bits per heavy atom. The van der Waals surface area contributed by atoms with Crippen molar-refractivity contribution in [2.75, 3.05) is 0 Å². The molecule has 0 aliphatic carbocycles. The normalized spacial score (nSPS) is 12.3. The lowest BCUT2D eigenvalue weighted by molar-refractivity contribution is 0.547. The molecule has 0 saturated heterocycles. The molecule has 2 rings (SSSR count). The molecule has 0 saturated carbocycles. The van der Waals surface area contributed by atoms with E-state index >= 15 is 0 Å². The highest BCUT2D eigenvalue weighted by Gasteiger charge is 2.18. The minimum absolute atomic E-state index is 0.188. The SMILES string of the molecule is Cn1c(C(C)(C)C)cc2cnccc21. The van der Waals surface area contributed by atoms with Crippen LogP contribution >= 0.6 is 0 Å². The number of aryl methyl sites for hydroxylation is 1. The first-order valence-corrected chi connectivity index (χ1v) is 4.90. The van der Waals surface area contributed by atoms with Gasteiger partial charge in [-0.3, -0.25) is 4.98 Å². The molecule has 74 valence electrons. The molecule has 2 nitrogen and oxygen atoms in total. The molecular formula is C12H16N2. The lowest BCUT2D eigenvalue weighted by Crippen LogP contribution is -2.15. The number of hydrogen-bond acceptors (Lipinski definition) is 1. The molecule has 14 heavy (non-hydrogen) atoms. The van der Waals surface area contributed by atoms with Gasteiger partial charge in [0.25, 0.3) is 0 Å². The Morgan fingerprint density at radius 2 is 2.00 bits per heavy atom. The maximum atomic E-state index is 4.14. The quantitative estimate of drug-likeness (QED) is 0.621. The molecule has 0 spiro atoms. The second kappa shape index (κ2) is 2.84. The summed E-state index contributed by atoms with van der Waals surface area (Å²) in [5.41, 5.74) is 2.79. The van der Waals surface area contributed by atoms with Crippen molar-refractivity contribution in [3.63, 3.8) is 0 Å². The minimum atomic E-state index is 0.188. The topological polar surface area (TPSA) is 17.8 Å². The summed E-state index contributed by atoms with van der Waals surface area (Å²) in [6.45, 7) is 6.69. The van der Waals surface area contributed by atoms with Gasteiger partial charge >= 0.3 is 0 Å². The molecule has 2 heteroatoms. The van der Waals surface area contributed by atoms with E-state index < -0.39 is 0 Å². The highest BCUT2D eigenvalue weighted by atomic mass is 15.0. The van der Waals surface area contributed by atoms with Gasteiger partial charge in [-0.05, 0) is 12.1 Å². The Hall–Kier alpha value is -1.31. The van der Waals surface area contributed by atoms with Crippen LogP contribution in [0.1, 0.15) is 26.5 Å². The van der Waals surface area contributed by atoms with Crippen LogP contribution < -0.4 is 0 Å². The Labute approximate surface area is 84.6 Å². The number of aromatic nitrogens is 2. The fraction of sp³-hybridized carbons (Fsp3) is 0.417. The molecule has 0 N–H and O–H groups in total. The van der Waals surface area contributed by atoms with Crippen LogP contribution in [0.2, 0.25) is 0 Å². The molecule has 0 radical (unpaired) electrons. The fourth-order valence-corrected chi connectivity index (χ4v) is 1.91.